The summed E-state index contributed by atoms with van der Waals surface area (Å²) >= 11 is 3.31. The molecule has 0 spiro atoms. The second-order valence-electron chi connectivity index (χ2n) is 3.56. The SMILES string of the molecule is CCCCCCCOc1cccc(Br)n1. The van der Waals surface area contributed by atoms with Crippen molar-refractivity contribution in [2.24, 2.45) is 0 Å². The van der Waals surface area contributed by atoms with Crippen LogP contribution in [0.15, 0.2) is 22.8 Å². The zero-order valence-corrected chi connectivity index (χ0v) is 10.8. The molecule has 0 unspecified atom stereocenters. The lowest BCUT2D eigenvalue weighted by molar-refractivity contribution is 0.293. The Kier molecular flexibility index (Phi) is 6.41. The number of halogens is 1. The summed E-state index contributed by atoms with van der Waals surface area (Å²) in [5.74, 6) is 0.708. The lowest BCUT2D eigenvalue weighted by Gasteiger charge is -2.04. The summed E-state index contributed by atoms with van der Waals surface area (Å²) < 4.78 is 6.35. The molecular formula is C12H18BrNO. The van der Waals surface area contributed by atoms with E-state index in [9.17, 15) is 0 Å². The standard InChI is InChI=1S/C12H18BrNO/c1-2-3-4-5-6-10-15-12-9-7-8-11(13)14-12/h7-9H,2-6,10H2,1H3. The van der Waals surface area contributed by atoms with Crippen molar-refractivity contribution in [2.45, 2.75) is 39.0 Å². The van der Waals surface area contributed by atoms with E-state index in [1.807, 2.05) is 18.2 Å². The van der Waals surface area contributed by atoms with Crippen molar-refractivity contribution in [1.82, 2.24) is 4.98 Å². The monoisotopic (exact) mass is 271 g/mol. The number of nitrogens with zero attached hydrogens (tertiary/aromatic N) is 1. The first-order valence-electron chi connectivity index (χ1n) is 5.58. The summed E-state index contributed by atoms with van der Waals surface area (Å²) in [5, 5.41) is 0. The van der Waals surface area contributed by atoms with Crippen molar-refractivity contribution in [2.75, 3.05) is 6.61 Å². The van der Waals surface area contributed by atoms with Gasteiger partial charge in [0.2, 0.25) is 5.88 Å². The van der Waals surface area contributed by atoms with E-state index in [4.69, 9.17) is 4.74 Å². The van der Waals surface area contributed by atoms with Gasteiger partial charge in [-0.25, -0.2) is 4.98 Å². The third kappa shape index (κ3) is 5.78. The van der Waals surface area contributed by atoms with E-state index in [1.54, 1.807) is 0 Å². The average molecular weight is 272 g/mol. The van der Waals surface area contributed by atoms with Crippen LogP contribution in [-0.2, 0) is 0 Å². The van der Waals surface area contributed by atoms with Gasteiger partial charge in [-0.3, -0.25) is 0 Å². The van der Waals surface area contributed by atoms with E-state index in [0.717, 1.165) is 17.6 Å². The van der Waals surface area contributed by atoms with Gasteiger partial charge in [-0.05, 0) is 28.4 Å². The van der Waals surface area contributed by atoms with Crippen molar-refractivity contribution in [1.29, 1.82) is 0 Å². The maximum atomic E-state index is 5.53. The number of rotatable bonds is 7. The minimum atomic E-state index is 0.708. The Morgan fingerprint density at radius 3 is 2.73 bits per heavy atom. The number of aromatic nitrogens is 1. The number of unbranched alkanes of at least 4 members (excludes halogenated alkanes) is 4. The molecule has 1 aromatic heterocycles. The first kappa shape index (κ1) is 12.5. The quantitative estimate of drug-likeness (QED) is 0.548. The van der Waals surface area contributed by atoms with Gasteiger partial charge in [0, 0.05) is 6.07 Å². The zero-order chi connectivity index (χ0) is 10.9. The molecule has 0 saturated heterocycles. The molecule has 0 saturated carbocycles. The number of pyridine rings is 1. The van der Waals surface area contributed by atoms with Gasteiger partial charge in [0.05, 0.1) is 6.61 Å². The summed E-state index contributed by atoms with van der Waals surface area (Å²) in [6.45, 7) is 3.00. The van der Waals surface area contributed by atoms with E-state index in [-0.39, 0.29) is 0 Å². The molecule has 0 aromatic carbocycles. The minimum Gasteiger partial charge on any atom is -0.478 e. The lowest BCUT2D eigenvalue weighted by atomic mass is 10.2. The van der Waals surface area contributed by atoms with Crippen molar-refractivity contribution in [3.63, 3.8) is 0 Å². The average Bonchev–Trinajstić information content (AvgIpc) is 2.23. The van der Waals surface area contributed by atoms with E-state index in [0.29, 0.717) is 5.88 Å². The Hall–Kier alpha value is -0.570. The second-order valence-corrected chi connectivity index (χ2v) is 4.37. The largest absolute Gasteiger partial charge is 0.478 e. The van der Waals surface area contributed by atoms with Gasteiger partial charge in [-0.2, -0.15) is 0 Å². The van der Waals surface area contributed by atoms with Crippen LogP contribution in [0.1, 0.15) is 39.0 Å². The molecule has 0 fully saturated rings. The fraction of sp³-hybridized carbons (Fsp3) is 0.583. The highest BCUT2D eigenvalue weighted by Crippen LogP contribution is 2.12. The Bertz CT molecular complexity index is 278. The highest BCUT2D eigenvalue weighted by Gasteiger charge is 1.95. The van der Waals surface area contributed by atoms with Crippen LogP contribution in [0, 0.1) is 0 Å². The molecule has 0 amide bonds. The van der Waals surface area contributed by atoms with E-state index in [2.05, 4.69) is 27.8 Å². The van der Waals surface area contributed by atoms with E-state index >= 15 is 0 Å². The number of hydrogen-bond acceptors (Lipinski definition) is 2. The third-order valence-corrected chi connectivity index (χ3v) is 2.63. The zero-order valence-electron chi connectivity index (χ0n) is 9.21. The van der Waals surface area contributed by atoms with Gasteiger partial charge >= 0.3 is 0 Å². The van der Waals surface area contributed by atoms with Crippen LogP contribution >= 0.6 is 15.9 Å². The van der Waals surface area contributed by atoms with E-state index in [1.165, 1.54) is 25.7 Å². The number of hydrogen-bond donors (Lipinski definition) is 0. The molecule has 3 heteroatoms. The van der Waals surface area contributed by atoms with Gasteiger partial charge < -0.3 is 4.74 Å². The summed E-state index contributed by atoms with van der Waals surface area (Å²) in [7, 11) is 0. The molecular weight excluding hydrogens is 254 g/mol. The molecule has 0 aliphatic heterocycles. The van der Waals surface area contributed by atoms with Crippen molar-refractivity contribution in [3.8, 4) is 5.88 Å². The molecule has 0 aliphatic rings. The molecule has 2 nitrogen and oxygen atoms in total. The fourth-order valence-corrected chi connectivity index (χ4v) is 1.68. The Morgan fingerprint density at radius 1 is 1.20 bits per heavy atom. The molecule has 0 aliphatic carbocycles. The molecule has 0 bridgehead atoms. The molecule has 0 N–H and O–H groups in total. The van der Waals surface area contributed by atoms with Gasteiger partial charge in [-0.15, -0.1) is 0 Å². The smallest absolute Gasteiger partial charge is 0.214 e. The Morgan fingerprint density at radius 2 is 2.00 bits per heavy atom. The summed E-state index contributed by atoms with van der Waals surface area (Å²) in [4.78, 5) is 4.20. The minimum absolute atomic E-state index is 0.708. The second kappa shape index (κ2) is 7.69. The van der Waals surface area contributed by atoms with Crippen molar-refractivity contribution >= 4 is 15.9 Å². The predicted octanol–water partition coefficient (Wildman–Crippen LogP) is 4.19. The van der Waals surface area contributed by atoms with Crippen LogP contribution in [0.25, 0.3) is 0 Å². The van der Waals surface area contributed by atoms with Crippen molar-refractivity contribution in [3.05, 3.63) is 22.8 Å². The molecule has 1 rings (SSSR count). The lowest BCUT2D eigenvalue weighted by Crippen LogP contribution is -1.98. The van der Waals surface area contributed by atoms with Crippen LogP contribution in [0.3, 0.4) is 0 Å². The van der Waals surface area contributed by atoms with Gasteiger partial charge in [0.15, 0.2) is 0 Å². The number of ether oxygens (including phenoxy) is 1. The topological polar surface area (TPSA) is 22.1 Å². The molecule has 1 heterocycles. The van der Waals surface area contributed by atoms with Gasteiger partial charge in [-0.1, -0.05) is 38.7 Å². The summed E-state index contributed by atoms with van der Waals surface area (Å²) in [5.41, 5.74) is 0. The van der Waals surface area contributed by atoms with Crippen molar-refractivity contribution < 1.29 is 4.74 Å². The highest BCUT2D eigenvalue weighted by atomic mass is 79.9. The van der Waals surface area contributed by atoms with Crippen LogP contribution < -0.4 is 4.74 Å². The predicted molar refractivity (Wildman–Crippen MR) is 66.2 cm³/mol. The molecule has 1 aromatic rings. The molecule has 15 heavy (non-hydrogen) atoms. The third-order valence-electron chi connectivity index (χ3n) is 2.19. The maximum Gasteiger partial charge on any atom is 0.214 e. The molecule has 0 atom stereocenters. The van der Waals surface area contributed by atoms with Gasteiger partial charge in [0.1, 0.15) is 4.60 Å². The van der Waals surface area contributed by atoms with Crippen LogP contribution in [0.4, 0.5) is 0 Å². The Balaban J connectivity index is 2.10. The van der Waals surface area contributed by atoms with Crippen LogP contribution in [-0.4, -0.2) is 11.6 Å². The highest BCUT2D eigenvalue weighted by molar-refractivity contribution is 9.10. The molecule has 84 valence electrons. The van der Waals surface area contributed by atoms with Gasteiger partial charge in [0.25, 0.3) is 0 Å². The van der Waals surface area contributed by atoms with E-state index < -0.39 is 0 Å². The summed E-state index contributed by atoms with van der Waals surface area (Å²) in [6.07, 6.45) is 6.30. The normalized spacial score (nSPS) is 10.3. The maximum absolute atomic E-state index is 5.53. The first-order valence-corrected chi connectivity index (χ1v) is 6.37. The van der Waals surface area contributed by atoms with Crippen LogP contribution in [0.5, 0.6) is 5.88 Å². The molecule has 0 radical (unpaired) electrons. The Labute approximate surface area is 100 Å². The fourth-order valence-electron chi connectivity index (χ4n) is 1.35. The first-order chi connectivity index (χ1) is 7.33. The summed E-state index contributed by atoms with van der Waals surface area (Å²) in [6, 6.07) is 5.72. The van der Waals surface area contributed by atoms with Crippen LogP contribution in [0.2, 0.25) is 0 Å².